The summed E-state index contributed by atoms with van der Waals surface area (Å²) in [5.41, 5.74) is 0.882. The summed E-state index contributed by atoms with van der Waals surface area (Å²) < 4.78 is 28.1. The van der Waals surface area contributed by atoms with Gasteiger partial charge < -0.3 is 5.11 Å². The molecule has 3 rings (SSSR count). The van der Waals surface area contributed by atoms with Crippen LogP contribution < -0.4 is 0 Å². The van der Waals surface area contributed by atoms with Crippen molar-refractivity contribution in [3.05, 3.63) is 57.5 Å². The number of rotatable bonds is 3. The Morgan fingerprint density at radius 3 is 2.52 bits per heavy atom. The molecule has 0 aliphatic carbocycles. The Bertz CT molecular complexity index is 824. The molecule has 23 heavy (non-hydrogen) atoms. The molecule has 1 saturated heterocycles. The number of benzene rings is 2. The molecule has 122 valence electrons. The Morgan fingerprint density at radius 1 is 1.17 bits per heavy atom. The molecule has 0 radical (unpaired) electrons. The van der Waals surface area contributed by atoms with Gasteiger partial charge in [-0.25, -0.2) is 8.42 Å². The van der Waals surface area contributed by atoms with Gasteiger partial charge in [0.2, 0.25) is 10.0 Å². The molecule has 1 fully saturated rings. The Labute approximate surface area is 148 Å². The topological polar surface area (TPSA) is 57.6 Å². The van der Waals surface area contributed by atoms with Gasteiger partial charge in [0.05, 0.1) is 16.0 Å². The summed E-state index contributed by atoms with van der Waals surface area (Å²) in [4.78, 5) is 0.191. The highest BCUT2D eigenvalue weighted by Gasteiger charge is 2.36. The first-order valence-electron chi connectivity index (χ1n) is 7.15. The lowest BCUT2D eigenvalue weighted by molar-refractivity contribution is 0.396. The molecule has 0 bridgehead atoms. The molecule has 1 aliphatic heterocycles. The Balaban J connectivity index is 1.97. The summed E-state index contributed by atoms with van der Waals surface area (Å²) in [6.07, 6.45) is 1.56. The van der Waals surface area contributed by atoms with Gasteiger partial charge in [0.25, 0.3) is 0 Å². The Hall–Kier alpha value is -1.08. The number of hydrogen-bond donors (Lipinski definition) is 1. The van der Waals surface area contributed by atoms with Crippen LogP contribution in [0.5, 0.6) is 5.75 Å². The number of phenols is 1. The van der Waals surface area contributed by atoms with Crippen LogP contribution in [0, 0.1) is 0 Å². The quantitative estimate of drug-likeness (QED) is 0.810. The third-order valence-corrected chi connectivity index (χ3v) is 7.12. The predicted octanol–water partition coefficient (Wildman–Crippen LogP) is 4.33. The number of hydrogen-bond acceptors (Lipinski definition) is 3. The second kappa shape index (κ2) is 6.43. The van der Waals surface area contributed by atoms with Crippen molar-refractivity contribution in [3.8, 4) is 5.75 Å². The van der Waals surface area contributed by atoms with Gasteiger partial charge in [0.15, 0.2) is 0 Å². The van der Waals surface area contributed by atoms with Gasteiger partial charge in [-0.3, -0.25) is 0 Å². The van der Waals surface area contributed by atoms with E-state index in [1.807, 2.05) is 0 Å². The molecule has 0 saturated carbocycles. The maximum Gasteiger partial charge on any atom is 0.243 e. The molecular formula is C16H15BrClNO3S. The molecule has 1 heterocycles. The van der Waals surface area contributed by atoms with Gasteiger partial charge in [-0.05, 0) is 64.7 Å². The molecular weight excluding hydrogens is 402 g/mol. The Morgan fingerprint density at radius 2 is 1.87 bits per heavy atom. The molecule has 2 aromatic carbocycles. The average Bonchev–Trinajstić information content (AvgIpc) is 3.01. The largest absolute Gasteiger partial charge is 0.508 e. The zero-order valence-corrected chi connectivity index (χ0v) is 15.3. The fraction of sp³-hybridized carbons (Fsp3) is 0.250. The van der Waals surface area contributed by atoms with E-state index < -0.39 is 10.0 Å². The van der Waals surface area contributed by atoms with Crippen molar-refractivity contribution in [2.75, 3.05) is 6.54 Å². The van der Waals surface area contributed by atoms with Crippen molar-refractivity contribution in [1.82, 2.24) is 4.31 Å². The average molecular weight is 417 g/mol. The van der Waals surface area contributed by atoms with Gasteiger partial charge in [-0.1, -0.05) is 23.7 Å². The Kier molecular flexibility index (Phi) is 4.69. The minimum Gasteiger partial charge on any atom is -0.508 e. The monoisotopic (exact) mass is 415 g/mol. The van der Waals surface area contributed by atoms with Gasteiger partial charge in [-0.2, -0.15) is 4.31 Å². The van der Waals surface area contributed by atoms with Crippen LogP contribution in [0.25, 0.3) is 0 Å². The van der Waals surface area contributed by atoms with E-state index in [2.05, 4.69) is 15.9 Å². The summed E-state index contributed by atoms with van der Waals surface area (Å²) in [5, 5.41) is 9.78. The summed E-state index contributed by atoms with van der Waals surface area (Å²) in [5.74, 6) is 0.167. The second-order valence-electron chi connectivity index (χ2n) is 5.44. The predicted molar refractivity (Wildman–Crippen MR) is 93.1 cm³/mol. The van der Waals surface area contributed by atoms with Crippen molar-refractivity contribution in [2.45, 2.75) is 23.8 Å². The van der Waals surface area contributed by atoms with Gasteiger partial charge in [0, 0.05) is 11.0 Å². The fourth-order valence-corrected chi connectivity index (χ4v) is 5.03. The molecule has 0 spiro atoms. The second-order valence-corrected chi connectivity index (χ2v) is 8.59. The normalized spacial score (nSPS) is 19.1. The van der Waals surface area contributed by atoms with Crippen LogP contribution in [0.2, 0.25) is 5.02 Å². The summed E-state index contributed by atoms with van der Waals surface area (Å²) >= 11 is 9.31. The molecule has 2 aromatic rings. The molecule has 0 aromatic heterocycles. The molecule has 1 unspecified atom stereocenters. The van der Waals surface area contributed by atoms with Crippen molar-refractivity contribution < 1.29 is 13.5 Å². The van der Waals surface area contributed by atoms with Crippen LogP contribution in [0.1, 0.15) is 24.4 Å². The van der Waals surface area contributed by atoms with E-state index in [0.29, 0.717) is 16.0 Å². The number of phenolic OH excluding ortho intramolecular Hbond substituents is 1. The first kappa shape index (κ1) is 16.8. The minimum atomic E-state index is -3.62. The van der Waals surface area contributed by atoms with E-state index in [0.717, 1.165) is 18.4 Å². The number of aromatic hydroxyl groups is 1. The summed E-state index contributed by atoms with van der Waals surface area (Å²) in [6, 6.07) is 11.1. The molecule has 1 aliphatic rings. The summed E-state index contributed by atoms with van der Waals surface area (Å²) in [7, 11) is -3.62. The standard InChI is InChI=1S/C16H15BrClNO3S/c17-14-8-7-13(10-15(14)18)23(21,22)19-9-1-2-16(19)11-3-5-12(20)6-4-11/h3-8,10,16,20H,1-2,9H2. The number of halogens is 2. The molecule has 1 N–H and O–H groups in total. The van der Waals surface area contributed by atoms with Crippen molar-refractivity contribution in [3.63, 3.8) is 0 Å². The first-order chi connectivity index (χ1) is 10.9. The zero-order chi connectivity index (χ0) is 16.6. The smallest absolute Gasteiger partial charge is 0.243 e. The van der Waals surface area contributed by atoms with E-state index >= 15 is 0 Å². The highest BCUT2D eigenvalue weighted by molar-refractivity contribution is 9.10. The van der Waals surface area contributed by atoms with E-state index in [-0.39, 0.29) is 16.7 Å². The first-order valence-corrected chi connectivity index (χ1v) is 9.76. The minimum absolute atomic E-state index is 0.167. The van der Waals surface area contributed by atoms with E-state index in [9.17, 15) is 13.5 Å². The molecule has 1 atom stereocenters. The van der Waals surface area contributed by atoms with E-state index in [1.54, 1.807) is 36.4 Å². The molecule has 7 heteroatoms. The van der Waals surface area contributed by atoms with Crippen LogP contribution in [0.4, 0.5) is 0 Å². The lowest BCUT2D eigenvalue weighted by Crippen LogP contribution is -2.30. The third-order valence-electron chi connectivity index (χ3n) is 3.98. The lowest BCUT2D eigenvalue weighted by Gasteiger charge is -2.24. The maximum atomic E-state index is 13.0. The van der Waals surface area contributed by atoms with Crippen LogP contribution in [0.3, 0.4) is 0 Å². The lowest BCUT2D eigenvalue weighted by atomic mass is 10.1. The van der Waals surface area contributed by atoms with Crippen LogP contribution in [0.15, 0.2) is 51.8 Å². The number of nitrogens with zero attached hydrogens (tertiary/aromatic N) is 1. The van der Waals surface area contributed by atoms with Crippen molar-refractivity contribution in [1.29, 1.82) is 0 Å². The van der Waals surface area contributed by atoms with Crippen LogP contribution in [-0.2, 0) is 10.0 Å². The maximum absolute atomic E-state index is 13.0. The van der Waals surface area contributed by atoms with Crippen molar-refractivity contribution in [2.24, 2.45) is 0 Å². The highest BCUT2D eigenvalue weighted by Crippen LogP contribution is 2.38. The van der Waals surface area contributed by atoms with Gasteiger partial charge in [0.1, 0.15) is 5.75 Å². The van der Waals surface area contributed by atoms with Crippen LogP contribution in [-0.4, -0.2) is 24.4 Å². The SMILES string of the molecule is O=S(=O)(c1ccc(Br)c(Cl)c1)N1CCCC1c1ccc(O)cc1. The van der Waals surface area contributed by atoms with Gasteiger partial charge >= 0.3 is 0 Å². The molecule has 0 amide bonds. The highest BCUT2D eigenvalue weighted by atomic mass is 79.9. The number of sulfonamides is 1. The van der Waals surface area contributed by atoms with Crippen LogP contribution >= 0.6 is 27.5 Å². The fourth-order valence-electron chi connectivity index (χ4n) is 2.83. The summed E-state index contributed by atoms with van der Waals surface area (Å²) in [6.45, 7) is 0.474. The zero-order valence-electron chi connectivity index (χ0n) is 12.1. The van der Waals surface area contributed by atoms with E-state index in [4.69, 9.17) is 11.6 Å². The third kappa shape index (κ3) is 3.26. The molecule has 4 nitrogen and oxygen atoms in total. The van der Waals surface area contributed by atoms with Crippen molar-refractivity contribution >= 4 is 37.6 Å². The van der Waals surface area contributed by atoms with Gasteiger partial charge in [-0.15, -0.1) is 0 Å². The van der Waals surface area contributed by atoms with E-state index in [1.165, 1.54) is 10.4 Å².